The molecular weight excluding hydrogens is 404 g/mol. The van der Waals surface area contributed by atoms with E-state index in [-0.39, 0.29) is 17.9 Å². The fraction of sp³-hybridized carbons (Fsp3) is 0.391. The SMILES string of the molecule is CC[C@H](C)NC(=O)[C@H](C)N(Cc1cccc(Cl)c1)C(=O)CSCc1ccccc1. The Hall–Kier alpha value is -1.98. The van der Waals surface area contributed by atoms with Crippen molar-refractivity contribution in [3.8, 4) is 0 Å². The molecule has 1 N–H and O–H groups in total. The van der Waals surface area contributed by atoms with Crippen LogP contribution in [0.1, 0.15) is 38.3 Å². The van der Waals surface area contributed by atoms with E-state index in [0.717, 1.165) is 17.7 Å². The number of thioether (sulfide) groups is 1. The molecule has 2 atom stereocenters. The lowest BCUT2D eigenvalue weighted by atomic mass is 10.1. The minimum absolute atomic E-state index is 0.0577. The molecule has 6 heteroatoms. The number of hydrogen-bond donors (Lipinski definition) is 1. The molecule has 0 spiro atoms. The van der Waals surface area contributed by atoms with Crippen LogP contribution in [0.4, 0.5) is 0 Å². The number of rotatable bonds is 10. The number of benzene rings is 2. The van der Waals surface area contributed by atoms with Crippen LogP contribution in [0.15, 0.2) is 54.6 Å². The molecule has 0 saturated carbocycles. The lowest BCUT2D eigenvalue weighted by Gasteiger charge is -2.29. The van der Waals surface area contributed by atoms with Gasteiger partial charge in [0.25, 0.3) is 0 Å². The predicted octanol–water partition coefficient (Wildman–Crippen LogP) is 4.91. The molecule has 2 rings (SSSR count). The molecule has 29 heavy (non-hydrogen) atoms. The quantitative estimate of drug-likeness (QED) is 0.580. The molecule has 0 aromatic heterocycles. The van der Waals surface area contributed by atoms with Crippen LogP contribution >= 0.6 is 23.4 Å². The molecule has 0 radical (unpaired) electrons. The first-order valence-electron chi connectivity index (χ1n) is 9.86. The smallest absolute Gasteiger partial charge is 0.242 e. The van der Waals surface area contributed by atoms with Crippen LogP contribution in [0, 0.1) is 0 Å². The van der Waals surface area contributed by atoms with Gasteiger partial charge >= 0.3 is 0 Å². The third-order valence-corrected chi connectivity index (χ3v) is 5.97. The first kappa shape index (κ1) is 23.3. The fourth-order valence-electron chi connectivity index (χ4n) is 2.79. The van der Waals surface area contributed by atoms with Gasteiger partial charge in [0.1, 0.15) is 6.04 Å². The zero-order chi connectivity index (χ0) is 21.2. The van der Waals surface area contributed by atoms with Crippen molar-refractivity contribution in [3.05, 3.63) is 70.7 Å². The molecule has 4 nitrogen and oxygen atoms in total. The minimum Gasteiger partial charge on any atom is -0.352 e. The van der Waals surface area contributed by atoms with Gasteiger partial charge < -0.3 is 10.2 Å². The van der Waals surface area contributed by atoms with Crippen LogP contribution < -0.4 is 5.32 Å². The highest BCUT2D eigenvalue weighted by molar-refractivity contribution is 7.99. The Labute approximate surface area is 183 Å². The zero-order valence-corrected chi connectivity index (χ0v) is 18.8. The van der Waals surface area contributed by atoms with E-state index in [9.17, 15) is 9.59 Å². The summed E-state index contributed by atoms with van der Waals surface area (Å²) in [6, 6.07) is 17.0. The second-order valence-corrected chi connectivity index (χ2v) is 8.55. The van der Waals surface area contributed by atoms with Crippen LogP contribution in [-0.2, 0) is 21.9 Å². The molecule has 0 aliphatic carbocycles. The van der Waals surface area contributed by atoms with Crippen LogP contribution in [0.5, 0.6) is 0 Å². The fourth-order valence-corrected chi connectivity index (χ4v) is 3.88. The summed E-state index contributed by atoms with van der Waals surface area (Å²) in [4.78, 5) is 27.3. The van der Waals surface area contributed by atoms with Crippen molar-refractivity contribution < 1.29 is 9.59 Å². The maximum absolute atomic E-state index is 13.0. The molecule has 0 aliphatic heterocycles. The highest BCUT2D eigenvalue weighted by atomic mass is 35.5. The number of carbonyl (C=O) groups excluding carboxylic acids is 2. The second-order valence-electron chi connectivity index (χ2n) is 7.12. The summed E-state index contributed by atoms with van der Waals surface area (Å²) < 4.78 is 0. The van der Waals surface area contributed by atoms with Gasteiger partial charge in [0.2, 0.25) is 11.8 Å². The molecule has 0 aliphatic rings. The Balaban J connectivity index is 2.07. The van der Waals surface area contributed by atoms with E-state index in [4.69, 9.17) is 11.6 Å². The van der Waals surface area contributed by atoms with E-state index in [0.29, 0.717) is 17.3 Å². The monoisotopic (exact) mass is 432 g/mol. The van der Waals surface area contributed by atoms with Crippen LogP contribution in [-0.4, -0.2) is 34.6 Å². The standard InChI is InChI=1S/C23H29ClN2O2S/c1-4-17(2)25-23(28)18(3)26(14-20-11-8-12-21(24)13-20)22(27)16-29-15-19-9-6-5-7-10-19/h5-13,17-18H,4,14-16H2,1-3H3,(H,25,28)/t17-,18-/m0/s1. The van der Waals surface area contributed by atoms with Crippen LogP contribution in [0.3, 0.4) is 0 Å². The van der Waals surface area contributed by atoms with Crippen LogP contribution in [0.2, 0.25) is 5.02 Å². The van der Waals surface area contributed by atoms with Crippen molar-refractivity contribution in [2.24, 2.45) is 0 Å². The lowest BCUT2D eigenvalue weighted by molar-refractivity contribution is -0.138. The van der Waals surface area contributed by atoms with E-state index >= 15 is 0 Å². The molecule has 0 heterocycles. The van der Waals surface area contributed by atoms with Crippen LogP contribution in [0.25, 0.3) is 0 Å². The normalized spacial score (nSPS) is 12.8. The van der Waals surface area contributed by atoms with Gasteiger partial charge in [-0.05, 0) is 43.5 Å². The Morgan fingerprint density at radius 1 is 1.07 bits per heavy atom. The highest BCUT2D eigenvalue weighted by Crippen LogP contribution is 2.18. The Morgan fingerprint density at radius 2 is 1.76 bits per heavy atom. The first-order chi connectivity index (χ1) is 13.9. The number of carbonyl (C=O) groups is 2. The molecule has 2 amide bonds. The molecule has 0 fully saturated rings. The maximum atomic E-state index is 13.0. The van der Waals surface area contributed by atoms with E-state index in [1.54, 1.807) is 29.7 Å². The average Bonchev–Trinajstić information content (AvgIpc) is 2.72. The Kier molecular flexibility index (Phi) is 9.55. The number of nitrogens with zero attached hydrogens (tertiary/aromatic N) is 1. The van der Waals surface area contributed by atoms with Gasteiger partial charge in [-0.1, -0.05) is 61.0 Å². The highest BCUT2D eigenvalue weighted by Gasteiger charge is 2.26. The number of amides is 2. The summed E-state index contributed by atoms with van der Waals surface area (Å²) in [5.74, 6) is 0.877. The topological polar surface area (TPSA) is 49.4 Å². The largest absolute Gasteiger partial charge is 0.352 e. The van der Waals surface area contributed by atoms with Gasteiger partial charge in [-0.2, -0.15) is 0 Å². The number of halogens is 1. The molecule has 0 unspecified atom stereocenters. The van der Waals surface area contributed by atoms with Crippen molar-refractivity contribution >= 4 is 35.2 Å². The summed E-state index contributed by atoms with van der Waals surface area (Å²) in [5.41, 5.74) is 2.08. The van der Waals surface area contributed by atoms with Gasteiger partial charge in [-0.3, -0.25) is 9.59 Å². The summed E-state index contributed by atoms with van der Waals surface area (Å²) in [5, 5.41) is 3.59. The average molecular weight is 433 g/mol. The minimum atomic E-state index is -0.562. The van der Waals surface area contributed by atoms with Crippen molar-refractivity contribution in [2.75, 3.05) is 5.75 Å². The molecule has 156 valence electrons. The van der Waals surface area contributed by atoms with Crippen molar-refractivity contribution in [3.63, 3.8) is 0 Å². The molecule has 0 bridgehead atoms. The second kappa shape index (κ2) is 11.9. The first-order valence-corrected chi connectivity index (χ1v) is 11.4. The Morgan fingerprint density at radius 3 is 2.41 bits per heavy atom. The molecule has 2 aromatic carbocycles. The predicted molar refractivity (Wildman–Crippen MR) is 122 cm³/mol. The van der Waals surface area contributed by atoms with Gasteiger partial charge in [-0.15, -0.1) is 11.8 Å². The van der Waals surface area contributed by atoms with Gasteiger partial charge in [0, 0.05) is 23.4 Å². The molecule has 2 aromatic rings. The van der Waals surface area contributed by atoms with E-state index < -0.39 is 6.04 Å². The van der Waals surface area contributed by atoms with E-state index in [1.165, 1.54) is 5.56 Å². The summed E-state index contributed by atoms with van der Waals surface area (Å²) in [6.07, 6.45) is 0.841. The third kappa shape index (κ3) is 7.75. The third-order valence-electron chi connectivity index (χ3n) is 4.75. The maximum Gasteiger partial charge on any atom is 0.242 e. The summed E-state index contributed by atoms with van der Waals surface area (Å²) in [7, 11) is 0. The summed E-state index contributed by atoms with van der Waals surface area (Å²) >= 11 is 7.66. The van der Waals surface area contributed by atoms with Crippen molar-refractivity contribution in [1.82, 2.24) is 10.2 Å². The van der Waals surface area contributed by atoms with Gasteiger partial charge in [0.15, 0.2) is 0 Å². The molecule has 0 saturated heterocycles. The van der Waals surface area contributed by atoms with Gasteiger partial charge in [-0.25, -0.2) is 0 Å². The van der Waals surface area contributed by atoms with E-state index in [1.807, 2.05) is 62.4 Å². The summed E-state index contributed by atoms with van der Waals surface area (Å²) in [6.45, 7) is 6.11. The van der Waals surface area contributed by atoms with Crippen molar-refractivity contribution in [2.45, 2.75) is 51.6 Å². The number of nitrogens with one attached hydrogen (secondary N) is 1. The Bertz CT molecular complexity index is 800. The number of hydrogen-bond acceptors (Lipinski definition) is 3. The van der Waals surface area contributed by atoms with Crippen molar-refractivity contribution in [1.29, 1.82) is 0 Å². The van der Waals surface area contributed by atoms with E-state index in [2.05, 4.69) is 5.32 Å². The van der Waals surface area contributed by atoms with Gasteiger partial charge in [0.05, 0.1) is 5.75 Å². The zero-order valence-electron chi connectivity index (χ0n) is 17.2. The lowest BCUT2D eigenvalue weighted by Crippen LogP contribution is -2.50. The molecular formula is C23H29ClN2O2S.